The monoisotopic (exact) mass is 388 g/mol. The van der Waals surface area contributed by atoms with Crippen LogP contribution in [-0.2, 0) is 16.6 Å². The van der Waals surface area contributed by atoms with E-state index in [0.29, 0.717) is 9.87 Å². The Labute approximate surface area is 130 Å². The number of hydrogen-bond donors (Lipinski definition) is 1. The van der Waals surface area contributed by atoms with Gasteiger partial charge in [0.25, 0.3) is 0 Å². The van der Waals surface area contributed by atoms with E-state index < -0.39 is 28.8 Å². The van der Waals surface area contributed by atoms with Gasteiger partial charge in [-0.2, -0.15) is 17.5 Å². The summed E-state index contributed by atoms with van der Waals surface area (Å²) in [6.07, 6.45) is -4.62. The third-order valence-electron chi connectivity index (χ3n) is 2.73. The van der Waals surface area contributed by atoms with Gasteiger partial charge < -0.3 is 5.73 Å². The molecule has 120 valence electrons. The lowest BCUT2D eigenvalue weighted by Gasteiger charge is -2.27. The Kier molecular flexibility index (Phi) is 5.82. The van der Waals surface area contributed by atoms with Crippen molar-refractivity contribution in [3.8, 4) is 0 Å². The van der Waals surface area contributed by atoms with Gasteiger partial charge in [0.05, 0.1) is 4.90 Å². The lowest BCUT2D eigenvalue weighted by Crippen LogP contribution is -2.43. The molecular weight excluding hydrogens is 373 g/mol. The third-order valence-corrected chi connectivity index (χ3v) is 5.74. The van der Waals surface area contributed by atoms with Crippen molar-refractivity contribution < 1.29 is 21.6 Å². The van der Waals surface area contributed by atoms with E-state index in [4.69, 9.17) is 5.73 Å². The molecule has 1 aromatic carbocycles. The summed E-state index contributed by atoms with van der Waals surface area (Å²) >= 11 is 3.06. The van der Waals surface area contributed by atoms with E-state index in [1.807, 2.05) is 0 Å². The fourth-order valence-corrected chi connectivity index (χ4v) is 4.32. The lowest BCUT2D eigenvalue weighted by molar-refractivity contribution is -0.138. The van der Waals surface area contributed by atoms with Crippen molar-refractivity contribution in [2.45, 2.75) is 37.5 Å². The molecule has 0 aliphatic carbocycles. The van der Waals surface area contributed by atoms with Crippen molar-refractivity contribution in [2.75, 3.05) is 6.54 Å². The van der Waals surface area contributed by atoms with Gasteiger partial charge in [-0.25, -0.2) is 8.42 Å². The first-order chi connectivity index (χ1) is 9.49. The second-order valence-corrected chi connectivity index (χ2v) is 7.44. The summed E-state index contributed by atoms with van der Waals surface area (Å²) < 4.78 is 63.5. The molecule has 0 aromatic heterocycles. The zero-order valence-electron chi connectivity index (χ0n) is 11.5. The van der Waals surface area contributed by atoms with E-state index in [1.54, 1.807) is 6.07 Å². The molecule has 0 bridgehead atoms. The maximum Gasteiger partial charge on any atom is 0.402 e. The second kappa shape index (κ2) is 6.64. The van der Waals surface area contributed by atoms with E-state index >= 15 is 0 Å². The first-order valence-corrected chi connectivity index (χ1v) is 8.29. The molecule has 0 fully saturated rings. The molecule has 0 aliphatic rings. The van der Waals surface area contributed by atoms with Crippen LogP contribution in [0.3, 0.4) is 0 Å². The number of nitrogens with zero attached hydrogens (tertiary/aromatic N) is 1. The van der Waals surface area contributed by atoms with Gasteiger partial charge in [0.2, 0.25) is 10.0 Å². The Hall–Kier alpha value is -0.640. The fraction of sp³-hybridized carbons (Fsp3) is 0.500. The highest BCUT2D eigenvalue weighted by atomic mass is 79.9. The summed E-state index contributed by atoms with van der Waals surface area (Å²) in [5, 5.41) is 0. The molecule has 1 rings (SSSR count). The van der Waals surface area contributed by atoms with Gasteiger partial charge in [0, 0.05) is 17.1 Å². The molecule has 0 atom stereocenters. The molecule has 21 heavy (non-hydrogen) atoms. The molecule has 4 nitrogen and oxygen atoms in total. The van der Waals surface area contributed by atoms with Crippen LogP contribution in [0.1, 0.15) is 19.4 Å². The summed E-state index contributed by atoms with van der Waals surface area (Å²) in [6, 6.07) is 3.52. The Balaban J connectivity index is 3.36. The van der Waals surface area contributed by atoms with Crippen LogP contribution in [-0.4, -0.2) is 31.5 Å². The average molecular weight is 389 g/mol. The van der Waals surface area contributed by atoms with E-state index in [1.165, 1.54) is 26.0 Å². The van der Waals surface area contributed by atoms with Crippen LogP contribution in [0.5, 0.6) is 0 Å². The lowest BCUT2D eigenvalue weighted by atomic mass is 10.2. The maximum atomic E-state index is 12.6. The number of hydrogen-bond acceptors (Lipinski definition) is 3. The molecule has 0 unspecified atom stereocenters. The summed E-state index contributed by atoms with van der Waals surface area (Å²) in [7, 11) is -4.29. The van der Waals surface area contributed by atoms with E-state index in [-0.39, 0.29) is 15.9 Å². The minimum atomic E-state index is -4.62. The predicted octanol–water partition coefficient (Wildman–Crippen LogP) is 2.87. The van der Waals surface area contributed by atoms with Crippen LogP contribution in [0, 0.1) is 0 Å². The fourth-order valence-electron chi connectivity index (χ4n) is 1.72. The molecule has 9 heteroatoms. The highest BCUT2D eigenvalue weighted by Gasteiger charge is 2.39. The zero-order chi connectivity index (χ0) is 16.4. The number of sulfonamides is 1. The summed E-state index contributed by atoms with van der Waals surface area (Å²) in [6.45, 7) is 1.34. The van der Waals surface area contributed by atoms with Gasteiger partial charge in [0.15, 0.2) is 0 Å². The van der Waals surface area contributed by atoms with E-state index in [2.05, 4.69) is 15.9 Å². The quantitative estimate of drug-likeness (QED) is 0.843. The van der Waals surface area contributed by atoms with Crippen molar-refractivity contribution in [1.82, 2.24) is 4.31 Å². The molecule has 1 aromatic rings. The van der Waals surface area contributed by atoms with Gasteiger partial charge >= 0.3 is 6.18 Å². The number of rotatable bonds is 5. The molecule has 0 radical (unpaired) electrons. The van der Waals surface area contributed by atoms with Gasteiger partial charge in [0.1, 0.15) is 6.54 Å². The highest BCUT2D eigenvalue weighted by Crippen LogP contribution is 2.29. The van der Waals surface area contributed by atoms with Crippen LogP contribution < -0.4 is 5.73 Å². The minimum Gasteiger partial charge on any atom is -0.326 e. The number of benzene rings is 1. The van der Waals surface area contributed by atoms with Crippen LogP contribution >= 0.6 is 15.9 Å². The molecule has 0 heterocycles. The van der Waals surface area contributed by atoms with Crippen molar-refractivity contribution >= 4 is 26.0 Å². The number of nitrogens with two attached hydrogens (primary N) is 1. The van der Waals surface area contributed by atoms with Gasteiger partial charge in [-0.05, 0) is 47.5 Å². The Morgan fingerprint density at radius 3 is 2.33 bits per heavy atom. The van der Waals surface area contributed by atoms with Crippen LogP contribution in [0.4, 0.5) is 13.2 Å². The zero-order valence-corrected chi connectivity index (χ0v) is 13.9. The first-order valence-electron chi connectivity index (χ1n) is 6.06. The summed E-state index contributed by atoms with van der Waals surface area (Å²) in [4.78, 5) is -0.219. The SMILES string of the molecule is CC(C)N(CC(F)(F)F)S(=O)(=O)c1cc(CN)ccc1Br. The molecule has 2 N–H and O–H groups in total. The Bertz CT molecular complexity index is 603. The number of alkyl halides is 3. The van der Waals surface area contributed by atoms with E-state index in [0.717, 1.165) is 0 Å². The predicted molar refractivity (Wildman–Crippen MR) is 77.1 cm³/mol. The smallest absolute Gasteiger partial charge is 0.326 e. The molecule has 0 aliphatic heterocycles. The molecular formula is C12H16BrF3N2O2S. The largest absolute Gasteiger partial charge is 0.402 e. The van der Waals surface area contributed by atoms with Crippen molar-refractivity contribution in [3.63, 3.8) is 0 Å². The Morgan fingerprint density at radius 2 is 1.90 bits per heavy atom. The molecule has 0 spiro atoms. The van der Waals surface area contributed by atoms with Gasteiger partial charge in [-0.1, -0.05) is 6.07 Å². The normalized spacial score (nSPS) is 13.2. The third kappa shape index (κ3) is 4.67. The Morgan fingerprint density at radius 1 is 1.33 bits per heavy atom. The first kappa shape index (κ1) is 18.4. The average Bonchev–Trinajstić information content (AvgIpc) is 2.35. The van der Waals surface area contributed by atoms with E-state index in [9.17, 15) is 21.6 Å². The molecule has 0 saturated heterocycles. The van der Waals surface area contributed by atoms with Gasteiger partial charge in [-0.3, -0.25) is 0 Å². The van der Waals surface area contributed by atoms with Crippen LogP contribution in [0.25, 0.3) is 0 Å². The van der Waals surface area contributed by atoms with Gasteiger partial charge in [-0.15, -0.1) is 0 Å². The van der Waals surface area contributed by atoms with Crippen molar-refractivity contribution in [3.05, 3.63) is 28.2 Å². The van der Waals surface area contributed by atoms with Crippen molar-refractivity contribution in [1.29, 1.82) is 0 Å². The maximum absolute atomic E-state index is 12.6. The topological polar surface area (TPSA) is 63.4 Å². The van der Waals surface area contributed by atoms with Crippen LogP contribution in [0.2, 0.25) is 0 Å². The summed E-state index contributed by atoms with van der Waals surface area (Å²) in [5.74, 6) is 0. The second-order valence-electron chi connectivity index (χ2n) is 4.73. The minimum absolute atomic E-state index is 0.0940. The molecule has 0 amide bonds. The molecule has 0 saturated carbocycles. The van der Waals surface area contributed by atoms with Crippen molar-refractivity contribution in [2.24, 2.45) is 5.73 Å². The highest BCUT2D eigenvalue weighted by molar-refractivity contribution is 9.10. The number of halogens is 4. The standard InChI is InChI=1S/C12H16BrF3N2O2S/c1-8(2)18(7-12(14,15)16)21(19,20)11-5-9(6-17)3-4-10(11)13/h3-5,8H,6-7,17H2,1-2H3. The van der Waals surface area contributed by atoms with Crippen LogP contribution in [0.15, 0.2) is 27.6 Å². The summed E-state index contributed by atoms with van der Waals surface area (Å²) in [5.41, 5.74) is 5.97.